The highest BCUT2D eigenvalue weighted by molar-refractivity contribution is 5.35. The Kier molecular flexibility index (Phi) is 4.29. The van der Waals surface area contributed by atoms with E-state index in [9.17, 15) is 4.79 Å². The van der Waals surface area contributed by atoms with Crippen LogP contribution in [-0.4, -0.2) is 55.4 Å². The molecule has 0 radical (unpaired) electrons. The average Bonchev–Trinajstić information content (AvgIpc) is 2.79. The van der Waals surface area contributed by atoms with Crippen molar-refractivity contribution in [1.29, 1.82) is 0 Å². The molecular weight excluding hydrogens is 306 g/mol. The molecule has 0 spiro atoms. The SMILES string of the molecule is O=c1n(CN2CCN(c3cnccn3)CC2)nc2n1CCCCC2. The van der Waals surface area contributed by atoms with Crippen molar-refractivity contribution in [2.24, 2.45) is 0 Å². The Hall–Kier alpha value is -2.22. The molecule has 1 saturated heterocycles. The van der Waals surface area contributed by atoms with Crippen LogP contribution in [0.25, 0.3) is 0 Å². The third-order valence-corrected chi connectivity index (χ3v) is 4.86. The van der Waals surface area contributed by atoms with Crippen LogP contribution in [0.15, 0.2) is 23.4 Å². The lowest BCUT2D eigenvalue weighted by molar-refractivity contribution is 0.191. The van der Waals surface area contributed by atoms with Crippen LogP contribution >= 0.6 is 0 Å². The lowest BCUT2D eigenvalue weighted by atomic mass is 10.2. The molecule has 0 aliphatic carbocycles. The number of nitrogens with zero attached hydrogens (tertiary/aromatic N) is 7. The van der Waals surface area contributed by atoms with E-state index < -0.39 is 0 Å². The molecule has 0 atom stereocenters. The molecule has 0 bridgehead atoms. The summed E-state index contributed by atoms with van der Waals surface area (Å²) < 4.78 is 3.50. The number of aromatic nitrogens is 5. The van der Waals surface area contributed by atoms with Crippen LogP contribution in [0.1, 0.15) is 25.1 Å². The van der Waals surface area contributed by atoms with Crippen molar-refractivity contribution in [2.45, 2.75) is 38.9 Å². The minimum atomic E-state index is 0.0447. The number of anilines is 1. The molecule has 128 valence electrons. The van der Waals surface area contributed by atoms with Gasteiger partial charge in [0.25, 0.3) is 0 Å². The number of piperazine rings is 1. The summed E-state index contributed by atoms with van der Waals surface area (Å²) in [6, 6.07) is 0. The Labute approximate surface area is 140 Å². The van der Waals surface area contributed by atoms with Crippen LogP contribution < -0.4 is 10.6 Å². The molecule has 4 rings (SSSR count). The van der Waals surface area contributed by atoms with Crippen LogP contribution in [0.3, 0.4) is 0 Å². The van der Waals surface area contributed by atoms with E-state index in [1.807, 2.05) is 4.57 Å². The summed E-state index contributed by atoms with van der Waals surface area (Å²) in [7, 11) is 0. The van der Waals surface area contributed by atoms with Gasteiger partial charge in [0.2, 0.25) is 0 Å². The fraction of sp³-hybridized carbons (Fsp3) is 0.625. The normalized spacial score (nSPS) is 19.1. The summed E-state index contributed by atoms with van der Waals surface area (Å²) in [5.74, 6) is 1.87. The van der Waals surface area contributed by atoms with E-state index in [0.717, 1.165) is 63.6 Å². The Morgan fingerprint density at radius 2 is 1.88 bits per heavy atom. The summed E-state index contributed by atoms with van der Waals surface area (Å²) in [5, 5.41) is 4.57. The van der Waals surface area contributed by atoms with Gasteiger partial charge in [0, 0.05) is 51.5 Å². The first-order chi connectivity index (χ1) is 11.8. The van der Waals surface area contributed by atoms with E-state index in [-0.39, 0.29) is 5.69 Å². The molecule has 0 aromatic carbocycles. The van der Waals surface area contributed by atoms with E-state index in [4.69, 9.17) is 0 Å². The molecule has 0 amide bonds. The van der Waals surface area contributed by atoms with E-state index in [0.29, 0.717) is 6.67 Å². The topological polar surface area (TPSA) is 72.1 Å². The Balaban J connectivity index is 1.40. The second-order valence-electron chi connectivity index (χ2n) is 6.47. The average molecular weight is 329 g/mol. The van der Waals surface area contributed by atoms with Gasteiger partial charge in [-0.15, -0.1) is 0 Å². The van der Waals surface area contributed by atoms with Crippen molar-refractivity contribution < 1.29 is 0 Å². The molecule has 0 N–H and O–H groups in total. The van der Waals surface area contributed by atoms with Crippen LogP contribution in [0.4, 0.5) is 5.82 Å². The summed E-state index contributed by atoms with van der Waals surface area (Å²) in [6.07, 6.45) is 9.53. The second-order valence-corrected chi connectivity index (χ2v) is 6.47. The van der Waals surface area contributed by atoms with Crippen molar-refractivity contribution in [3.63, 3.8) is 0 Å². The molecule has 1 fully saturated rings. The van der Waals surface area contributed by atoms with Crippen LogP contribution in [-0.2, 0) is 19.6 Å². The molecule has 0 unspecified atom stereocenters. The predicted octanol–water partition coefficient (Wildman–Crippen LogP) is 0.341. The summed E-state index contributed by atoms with van der Waals surface area (Å²) in [4.78, 5) is 25.5. The Bertz CT molecular complexity index is 731. The van der Waals surface area contributed by atoms with Gasteiger partial charge in [-0.3, -0.25) is 14.5 Å². The molecule has 0 saturated carbocycles. The van der Waals surface area contributed by atoms with Gasteiger partial charge in [-0.1, -0.05) is 6.42 Å². The molecule has 8 nitrogen and oxygen atoms in total. The highest BCUT2D eigenvalue weighted by Crippen LogP contribution is 2.13. The maximum atomic E-state index is 12.5. The summed E-state index contributed by atoms with van der Waals surface area (Å²) in [6.45, 7) is 4.96. The van der Waals surface area contributed by atoms with Gasteiger partial charge in [-0.25, -0.2) is 9.78 Å². The van der Waals surface area contributed by atoms with Crippen molar-refractivity contribution in [3.05, 3.63) is 34.9 Å². The molecule has 2 aliphatic heterocycles. The van der Waals surface area contributed by atoms with Crippen molar-refractivity contribution in [2.75, 3.05) is 31.1 Å². The molecule has 4 heterocycles. The number of aryl methyl sites for hydroxylation is 1. The zero-order valence-corrected chi connectivity index (χ0v) is 13.8. The largest absolute Gasteiger partial charge is 0.353 e. The molecule has 24 heavy (non-hydrogen) atoms. The van der Waals surface area contributed by atoms with E-state index in [2.05, 4.69) is 24.9 Å². The fourth-order valence-corrected chi connectivity index (χ4v) is 3.48. The van der Waals surface area contributed by atoms with E-state index in [1.54, 1.807) is 23.3 Å². The number of hydrogen-bond donors (Lipinski definition) is 0. The fourth-order valence-electron chi connectivity index (χ4n) is 3.48. The minimum absolute atomic E-state index is 0.0447. The third-order valence-electron chi connectivity index (χ3n) is 4.86. The van der Waals surface area contributed by atoms with Crippen molar-refractivity contribution in [1.82, 2.24) is 29.2 Å². The Morgan fingerprint density at radius 1 is 1.00 bits per heavy atom. The zero-order chi connectivity index (χ0) is 16.4. The first-order valence-corrected chi connectivity index (χ1v) is 8.71. The molecule has 2 aliphatic rings. The first-order valence-electron chi connectivity index (χ1n) is 8.71. The standard InChI is InChI=1S/C16H23N7O/c24-16-22-7-3-1-2-4-14(22)19-23(16)13-20-8-10-21(11-9-20)15-12-17-5-6-18-15/h5-6,12H,1-4,7-11,13H2. The van der Waals surface area contributed by atoms with Crippen molar-refractivity contribution >= 4 is 5.82 Å². The number of rotatable bonds is 3. The van der Waals surface area contributed by atoms with E-state index >= 15 is 0 Å². The molecule has 2 aromatic rings. The lowest BCUT2D eigenvalue weighted by Gasteiger charge is -2.34. The van der Waals surface area contributed by atoms with Gasteiger partial charge in [0.05, 0.1) is 12.9 Å². The molecule has 8 heteroatoms. The predicted molar refractivity (Wildman–Crippen MR) is 89.9 cm³/mol. The second kappa shape index (κ2) is 6.72. The van der Waals surface area contributed by atoms with Gasteiger partial charge >= 0.3 is 5.69 Å². The van der Waals surface area contributed by atoms with Crippen molar-refractivity contribution in [3.8, 4) is 0 Å². The first kappa shape index (κ1) is 15.3. The van der Waals surface area contributed by atoms with Gasteiger partial charge in [0.1, 0.15) is 11.6 Å². The molecule has 2 aromatic heterocycles. The van der Waals surface area contributed by atoms with Gasteiger partial charge in [-0.2, -0.15) is 9.78 Å². The maximum Gasteiger partial charge on any atom is 0.347 e. The molecular formula is C16H23N7O. The van der Waals surface area contributed by atoms with Gasteiger partial charge in [-0.05, 0) is 12.8 Å². The van der Waals surface area contributed by atoms with Crippen LogP contribution in [0.2, 0.25) is 0 Å². The Morgan fingerprint density at radius 3 is 2.67 bits per heavy atom. The van der Waals surface area contributed by atoms with Crippen LogP contribution in [0.5, 0.6) is 0 Å². The van der Waals surface area contributed by atoms with E-state index in [1.165, 1.54) is 6.42 Å². The maximum absolute atomic E-state index is 12.5. The highest BCUT2D eigenvalue weighted by atomic mass is 16.2. The minimum Gasteiger partial charge on any atom is -0.353 e. The monoisotopic (exact) mass is 329 g/mol. The number of fused-ring (bicyclic) bond motifs is 1. The van der Waals surface area contributed by atoms with Crippen LogP contribution in [0, 0.1) is 0 Å². The summed E-state index contributed by atoms with van der Waals surface area (Å²) in [5.41, 5.74) is 0.0447. The number of hydrogen-bond acceptors (Lipinski definition) is 6. The van der Waals surface area contributed by atoms with Gasteiger partial charge in [0.15, 0.2) is 0 Å². The third kappa shape index (κ3) is 3.06. The highest BCUT2D eigenvalue weighted by Gasteiger charge is 2.21. The smallest absolute Gasteiger partial charge is 0.347 e. The zero-order valence-electron chi connectivity index (χ0n) is 13.8. The van der Waals surface area contributed by atoms with Gasteiger partial charge < -0.3 is 4.90 Å². The lowest BCUT2D eigenvalue weighted by Crippen LogP contribution is -2.48. The summed E-state index contributed by atoms with van der Waals surface area (Å²) >= 11 is 0. The quantitative estimate of drug-likeness (QED) is 0.809.